The maximum absolute atomic E-state index is 5.38. The number of fused-ring (bicyclic) bond motifs is 22. The lowest BCUT2D eigenvalue weighted by atomic mass is 9.94. The minimum atomic E-state index is 0.537. The molecular weight excluding hydrogens is 1240 g/mol. The van der Waals surface area contributed by atoms with Gasteiger partial charge in [-0.3, -0.25) is 4.57 Å². The lowest BCUT2D eigenvalue weighted by Gasteiger charge is -2.13. The van der Waals surface area contributed by atoms with E-state index >= 15 is 0 Å². The van der Waals surface area contributed by atoms with Crippen LogP contribution >= 0.6 is 38.6 Å². The van der Waals surface area contributed by atoms with E-state index in [0.717, 1.165) is 51.1 Å². The fourth-order valence-electron chi connectivity index (χ4n) is 14.0. The summed E-state index contributed by atoms with van der Waals surface area (Å²) in [6.07, 6.45) is 1.06. The van der Waals surface area contributed by atoms with Crippen LogP contribution in [0.1, 0.15) is 11.1 Å². The first-order chi connectivity index (χ1) is 46.0. The van der Waals surface area contributed by atoms with E-state index in [0.29, 0.717) is 22.3 Å². The van der Waals surface area contributed by atoms with Crippen LogP contribution in [0.4, 0.5) is 0 Å². The summed E-state index contributed by atoms with van der Waals surface area (Å²) in [7, 11) is 0. The van der Waals surface area contributed by atoms with Crippen LogP contribution in [0, 0.1) is 0 Å². The summed E-state index contributed by atoms with van der Waals surface area (Å²) in [5, 5.41) is 17.9. The van der Waals surface area contributed by atoms with Crippen LogP contribution in [0.5, 0.6) is 0 Å². The molecule has 93 heavy (non-hydrogen) atoms. The van der Waals surface area contributed by atoms with Crippen molar-refractivity contribution in [3.05, 3.63) is 313 Å². The van der Waals surface area contributed by atoms with Crippen molar-refractivity contribution in [1.29, 1.82) is 0 Å². The number of hydrogen-bond acceptors (Lipinski definition) is 7. The summed E-state index contributed by atoms with van der Waals surface area (Å²) in [6, 6.07) is 105. The Hall–Kier alpha value is -11.1. The first-order valence-electron chi connectivity index (χ1n) is 31.1. The molecule has 0 unspecified atom stereocenters. The van der Waals surface area contributed by atoms with Gasteiger partial charge in [0.05, 0.1) is 27.1 Å². The summed E-state index contributed by atoms with van der Waals surface area (Å²) >= 11 is 7.20. The molecule has 6 nitrogen and oxygen atoms in total. The Kier molecular flexibility index (Phi) is 13.4. The highest BCUT2D eigenvalue weighted by Gasteiger charge is 2.27. The Morgan fingerprint density at radius 2 is 0.806 bits per heavy atom. The standard InChI is InChI=1S/C42H25N3S.C23H14S.C19H12BrN3/c1-2-13-27(14-3-1)34-25-35(29-23-22-26-12-4-5-15-28(26)24-29)44-42(43-34)45-36-20-10-8-18-32(36)38-30-16-6-7-17-31(30)39-33-19-9-11-21-37(33)46-41(39)40(38)45;1-2-8-15-14(7-1)13-19-21(15)16-9-3-4-10-17(16)22-18-11-5-6-12-20(18)24-23(19)22;20-19-22-17(14-7-2-1-3-8-14)21-18(23-19)16-11-10-13-6-4-5-9-15(13)12-16/h1-25H;1-12H,13H2;1-12H. The van der Waals surface area contributed by atoms with Gasteiger partial charge in [0.25, 0.3) is 0 Å². The molecule has 5 aromatic heterocycles. The van der Waals surface area contributed by atoms with Crippen LogP contribution in [0.25, 0.3) is 168 Å². The molecule has 0 radical (unpaired) electrons. The summed E-state index contributed by atoms with van der Waals surface area (Å²) in [5.74, 6) is 2.00. The van der Waals surface area contributed by atoms with Gasteiger partial charge in [-0.2, -0.15) is 0 Å². The third kappa shape index (κ3) is 9.45. The van der Waals surface area contributed by atoms with Crippen LogP contribution in [0.15, 0.2) is 302 Å². The Labute approximate surface area is 551 Å². The quantitative estimate of drug-likeness (QED) is 0.172. The van der Waals surface area contributed by atoms with E-state index < -0.39 is 0 Å². The zero-order chi connectivity index (χ0) is 61.5. The minimum Gasteiger partial charge on any atom is -0.276 e. The van der Waals surface area contributed by atoms with Crippen molar-refractivity contribution < 1.29 is 0 Å². The van der Waals surface area contributed by atoms with Crippen LogP contribution in [-0.4, -0.2) is 29.5 Å². The number of benzene rings is 14. The van der Waals surface area contributed by atoms with E-state index in [-0.39, 0.29) is 0 Å². The van der Waals surface area contributed by atoms with Crippen molar-refractivity contribution >= 4 is 144 Å². The first-order valence-corrected chi connectivity index (χ1v) is 33.5. The number of thiophene rings is 2. The topological polar surface area (TPSA) is 69.4 Å². The average Bonchev–Trinajstić information content (AvgIpc) is 1.55. The minimum absolute atomic E-state index is 0.537. The molecule has 5 heterocycles. The molecule has 0 bridgehead atoms. The zero-order valence-corrected chi connectivity index (χ0v) is 53.1. The SMILES string of the molecule is Brc1nc(-c2ccccc2)nc(-c2ccc3ccccc3c2)n1.c1ccc(-c2cc(-c3ccc4ccccc4c3)nc(-n3c4ccccc4c4c5ccccc5c5c6ccccc6sc5c43)n2)cc1.c1ccc2c(c1)Cc1c-2c2ccccc2c2c1sc1ccccc12. The normalized spacial score (nSPS) is 11.9. The van der Waals surface area contributed by atoms with Gasteiger partial charge in [0, 0.05) is 75.1 Å². The van der Waals surface area contributed by atoms with Gasteiger partial charge in [-0.25, -0.2) is 24.9 Å². The highest BCUT2D eigenvalue weighted by atomic mass is 79.9. The third-order valence-electron chi connectivity index (χ3n) is 18.1. The van der Waals surface area contributed by atoms with Gasteiger partial charge >= 0.3 is 0 Å². The van der Waals surface area contributed by atoms with Crippen molar-refractivity contribution in [2.45, 2.75) is 6.42 Å². The van der Waals surface area contributed by atoms with Gasteiger partial charge in [-0.1, -0.05) is 261 Å². The molecule has 0 saturated heterocycles. The molecule has 14 aromatic carbocycles. The Bertz CT molecular complexity index is 6190. The monoisotopic (exact) mass is 1290 g/mol. The second-order valence-corrected chi connectivity index (χ2v) is 26.3. The van der Waals surface area contributed by atoms with Gasteiger partial charge in [-0.05, 0) is 118 Å². The zero-order valence-electron chi connectivity index (χ0n) is 49.9. The summed E-state index contributed by atoms with van der Waals surface area (Å²) in [5.41, 5.74) is 14.0. The Morgan fingerprint density at radius 3 is 1.48 bits per heavy atom. The largest absolute Gasteiger partial charge is 0.276 e. The molecule has 0 saturated carbocycles. The van der Waals surface area contributed by atoms with Crippen LogP contribution in [-0.2, 0) is 6.42 Å². The number of rotatable bonds is 5. The summed E-state index contributed by atoms with van der Waals surface area (Å²) < 4.78 is 8.25. The molecular formula is C84H51BrN6S2. The van der Waals surface area contributed by atoms with E-state index in [9.17, 15) is 0 Å². The molecule has 0 N–H and O–H groups in total. The number of para-hydroxylation sites is 1. The van der Waals surface area contributed by atoms with E-state index in [4.69, 9.17) is 9.97 Å². The van der Waals surface area contributed by atoms with E-state index in [1.807, 2.05) is 77.3 Å². The third-order valence-corrected chi connectivity index (χ3v) is 20.9. The lowest BCUT2D eigenvalue weighted by molar-refractivity contribution is 0.999. The fourth-order valence-corrected chi connectivity index (χ4v) is 16.8. The van der Waals surface area contributed by atoms with Gasteiger partial charge in [-0.15, -0.1) is 22.7 Å². The molecule has 0 amide bonds. The lowest BCUT2D eigenvalue weighted by Crippen LogP contribution is -2.04. The maximum atomic E-state index is 5.38. The van der Waals surface area contributed by atoms with Crippen molar-refractivity contribution in [2.24, 2.45) is 0 Å². The molecule has 19 aromatic rings. The van der Waals surface area contributed by atoms with E-state index in [1.165, 1.54) is 116 Å². The number of halogens is 1. The van der Waals surface area contributed by atoms with Gasteiger partial charge in [0.1, 0.15) is 0 Å². The van der Waals surface area contributed by atoms with E-state index in [2.05, 4.69) is 278 Å². The van der Waals surface area contributed by atoms with Gasteiger partial charge < -0.3 is 0 Å². The first kappa shape index (κ1) is 54.8. The highest BCUT2D eigenvalue weighted by Crippen LogP contribution is 2.51. The van der Waals surface area contributed by atoms with Crippen LogP contribution < -0.4 is 0 Å². The van der Waals surface area contributed by atoms with Crippen molar-refractivity contribution in [3.8, 4) is 62.4 Å². The predicted molar refractivity (Wildman–Crippen MR) is 396 cm³/mol. The molecule has 1 aliphatic rings. The molecule has 1 aliphatic carbocycles. The molecule has 0 atom stereocenters. The van der Waals surface area contributed by atoms with Crippen molar-refractivity contribution in [3.63, 3.8) is 0 Å². The highest BCUT2D eigenvalue weighted by molar-refractivity contribution is 9.10. The average molecular weight is 1290 g/mol. The smallest absolute Gasteiger partial charge is 0.235 e. The van der Waals surface area contributed by atoms with E-state index in [1.54, 1.807) is 0 Å². The number of hydrogen-bond donors (Lipinski definition) is 0. The second kappa shape index (κ2) is 22.7. The van der Waals surface area contributed by atoms with Gasteiger partial charge in [0.2, 0.25) is 10.7 Å². The maximum Gasteiger partial charge on any atom is 0.235 e. The van der Waals surface area contributed by atoms with Crippen molar-refractivity contribution in [1.82, 2.24) is 29.5 Å². The molecule has 436 valence electrons. The molecule has 20 rings (SSSR count). The number of nitrogens with zero attached hydrogens (tertiary/aromatic N) is 6. The van der Waals surface area contributed by atoms with Crippen molar-refractivity contribution in [2.75, 3.05) is 0 Å². The molecule has 9 heteroatoms. The molecule has 0 aliphatic heterocycles. The second-order valence-electron chi connectivity index (χ2n) is 23.5. The molecule has 0 fully saturated rings. The molecule has 0 spiro atoms. The Morgan fingerprint density at radius 1 is 0.333 bits per heavy atom. The summed E-state index contributed by atoms with van der Waals surface area (Å²) in [4.78, 5) is 24.2. The van der Waals surface area contributed by atoms with Crippen LogP contribution in [0.3, 0.4) is 0 Å². The summed E-state index contributed by atoms with van der Waals surface area (Å²) in [6.45, 7) is 0. The van der Waals surface area contributed by atoms with Crippen LogP contribution in [0.2, 0.25) is 0 Å². The number of aromatic nitrogens is 6. The fraction of sp³-hybridized carbons (Fsp3) is 0.0119. The predicted octanol–water partition coefficient (Wildman–Crippen LogP) is 23.5. The van der Waals surface area contributed by atoms with Gasteiger partial charge in [0.15, 0.2) is 11.6 Å². The Balaban J connectivity index is 0.000000114.